The minimum Gasteiger partial charge on any atom is -0.405 e. The van der Waals surface area contributed by atoms with Crippen molar-refractivity contribution in [3.05, 3.63) is 12.3 Å². The fourth-order valence-corrected chi connectivity index (χ4v) is 0.152. The van der Waals surface area contributed by atoms with Crippen LogP contribution in [0.25, 0.3) is 0 Å². The van der Waals surface area contributed by atoms with Gasteiger partial charge in [0.1, 0.15) is 0 Å². The van der Waals surface area contributed by atoms with Crippen molar-refractivity contribution in [3.8, 4) is 0 Å². The highest BCUT2D eigenvalue weighted by molar-refractivity contribution is 6.33. The highest BCUT2D eigenvalue weighted by Gasteiger charge is 1.74. The minimum absolute atomic E-state index is 0.113. The molecule has 0 aromatic heterocycles. The Bertz CT molecular complexity index is 104. The van der Waals surface area contributed by atoms with Gasteiger partial charge in [0.15, 0.2) is 0 Å². The van der Waals surface area contributed by atoms with Crippen molar-refractivity contribution < 1.29 is 0 Å². The lowest BCUT2D eigenvalue weighted by Gasteiger charge is -1.76. The summed E-state index contributed by atoms with van der Waals surface area (Å²) in [6, 6.07) is 0. The van der Waals surface area contributed by atoms with Gasteiger partial charge < -0.3 is 11.1 Å². The van der Waals surface area contributed by atoms with Crippen LogP contribution >= 0.6 is 0 Å². The van der Waals surface area contributed by atoms with Crippen LogP contribution in [0.3, 0.4) is 0 Å². The molecular weight excluding hydrogens is 90.1 g/mol. The third kappa shape index (κ3) is 2.69. The maximum atomic E-state index is 6.73. The van der Waals surface area contributed by atoms with E-state index in [1.165, 1.54) is 12.3 Å². The van der Waals surface area contributed by atoms with Gasteiger partial charge in [0.05, 0.1) is 5.71 Å². The molecule has 0 saturated heterocycles. The Hall–Kier alpha value is -1.12. The summed E-state index contributed by atoms with van der Waals surface area (Å²) in [6.45, 7) is 0. The third-order valence-corrected chi connectivity index (χ3v) is 0.431. The van der Waals surface area contributed by atoms with Crippen LogP contribution in [0.1, 0.15) is 0 Å². The fourth-order valence-electron chi connectivity index (χ4n) is 0.152. The molecule has 0 saturated carbocycles. The first kappa shape index (κ1) is 5.88. The topological polar surface area (TPSA) is 73.7 Å². The quantitative estimate of drug-likeness (QED) is 0.421. The van der Waals surface area contributed by atoms with E-state index in [2.05, 4.69) is 0 Å². The van der Waals surface area contributed by atoms with E-state index >= 15 is 0 Å². The zero-order valence-corrected chi connectivity index (χ0v) is 3.81. The monoisotopic (exact) mass is 97.1 g/mol. The molecule has 0 aromatic carbocycles. The molecule has 7 heavy (non-hydrogen) atoms. The van der Waals surface area contributed by atoms with E-state index < -0.39 is 0 Å². The first-order valence-electron chi connectivity index (χ1n) is 1.78. The van der Waals surface area contributed by atoms with Crippen molar-refractivity contribution in [3.63, 3.8) is 0 Å². The van der Waals surface area contributed by atoms with E-state index in [1.54, 1.807) is 0 Å². The summed E-state index contributed by atoms with van der Waals surface area (Å²) >= 11 is 0. The van der Waals surface area contributed by atoms with Crippen molar-refractivity contribution in [2.24, 2.45) is 5.73 Å². The Morgan fingerprint density at radius 1 is 1.57 bits per heavy atom. The second-order valence-electron chi connectivity index (χ2n) is 0.959. The van der Waals surface area contributed by atoms with Gasteiger partial charge in [0.25, 0.3) is 0 Å². The van der Waals surface area contributed by atoms with Gasteiger partial charge in [0.2, 0.25) is 0 Å². The van der Waals surface area contributed by atoms with Gasteiger partial charge in [-0.2, -0.15) is 0 Å². The molecule has 0 rings (SSSR count). The molecular formula is C4H7N3. The Morgan fingerprint density at radius 3 is 2.29 bits per heavy atom. The Morgan fingerprint density at radius 2 is 2.14 bits per heavy atom. The molecule has 0 aromatic rings. The van der Waals surface area contributed by atoms with Crippen LogP contribution in [0.2, 0.25) is 0 Å². The Balaban J connectivity index is 3.58. The normalized spacial score (nSPS) is 9.14. The molecule has 0 atom stereocenters. The smallest absolute Gasteiger partial charge is 0.0729 e. The molecule has 4 N–H and O–H groups in total. The lowest BCUT2D eigenvalue weighted by molar-refractivity contribution is 1.51. The predicted octanol–water partition coefficient (Wildman–Crippen LogP) is 0.128. The van der Waals surface area contributed by atoms with Crippen LogP contribution in [0.4, 0.5) is 0 Å². The second-order valence-corrected chi connectivity index (χ2v) is 0.959. The first-order valence-corrected chi connectivity index (χ1v) is 1.78. The zero-order chi connectivity index (χ0) is 5.70. The van der Waals surface area contributed by atoms with E-state index in [-0.39, 0.29) is 5.71 Å². The number of nitrogens with two attached hydrogens (primary N) is 1. The molecule has 3 nitrogen and oxygen atoms in total. The molecule has 0 aliphatic carbocycles. The number of hydrogen-bond donors (Lipinski definition) is 3. The average Bonchev–Trinajstić information content (AvgIpc) is 1.68. The van der Waals surface area contributed by atoms with E-state index in [9.17, 15) is 0 Å². The number of allylic oxidation sites excluding steroid dienone is 1. The van der Waals surface area contributed by atoms with Gasteiger partial charge in [-0.1, -0.05) is 0 Å². The maximum Gasteiger partial charge on any atom is 0.0729 e. The number of hydrogen-bond acceptors (Lipinski definition) is 3. The van der Waals surface area contributed by atoms with E-state index in [4.69, 9.17) is 16.6 Å². The molecule has 0 amide bonds. The van der Waals surface area contributed by atoms with Gasteiger partial charge in [-0.15, -0.1) is 0 Å². The molecule has 38 valence electrons. The molecule has 0 unspecified atom stereocenters. The second kappa shape index (κ2) is 3.08. The number of nitrogens with one attached hydrogen (secondary N) is 2. The summed E-state index contributed by atoms with van der Waals surface area (Å²) in [5.41, 5.74) is 4.99. The molecule has 0 spiro atoms. The SMILES string of the molecule is N=CC(=N)/C=C\N. The zero-order valence-electron chi connectivity index (χ0n) is 3.81. The molecule has 0 heterocycles. The largest absolute Gasteiger partial charge is 0.405 e. The van der Waals surface area contributed by atoms with Crippen molar-refractivity contribution in [1.29, 1.82) is 10.8 Å². The van der Waals surface area contributed by atoms with Crippen LogP contribution in [0, 0.1) is 10.8 Å². The predicted molar refractivity (Wildman–Crippen MR) is 29.8 cm³/mol. The molecule has 0 aliphatic rings. The Kier molecular flexibility index (Phi) is 2.59. The molecule has 0 fully saturated rings. The highest BCUT2D eigenvalue weighted by atomic mass is 14.5. The summed E-state index contributed by atoms with van der Waals surface area (Å²) in [7, 11) is 0. The van der Waals surface area contributed by atoms with Crippen LogP contribution in [-0.2, 0) is 0 Å². The van der Waals surface area contributed by atoms with E-state index in [1.807, 2.05) is 0 Å². The van der Waals surface area contributed by atoms with Crippen LogP contribution < -0.4 is 5.73 Å². The lowest BCUT2D eigenvalue weighted by atomic mass is 10.4. The van der Waals surface area contributed by atoms with Crippen molar-refractivity contribution in [1.82, 2.24) is 0 Å². The van der Waals surface area contributed by atoms with Gasteiger partial charge in [0, 0.05) is 6.21 Å². The molecule has 0 bridgehead atoms. The summed E-state index contributed by atoms with van der Waals surface area (Å²) in [6.07, 6.45) is 3.49. The lowest BCUT2D eigenvalue weighted by Crippen LogP contribution is -1.91. The molecule has 0 aliphatic heterocycles. The summed E-state index contributed by atoms with van der Waals surface area (Å²) in [5, 5.41) is 13.2. The van der Waals surface area contributed by atoms with Gasteiger partial charge >= 0.3 is 0 Å². The van der Waals surface area contributed by atoms with Crippen molar-refractivity contribution in [2.45, 2.75) is 0 Å². The fraction of sp³-hybridized carbons (Fsp3) is 0. The van der Waals surface area contributed by atoms with Crippen molar-refractivity contribution in [2.75, 3.05) is 0 Å². The van der Waals surface area contributed by atoms with Gasteiger partial charge in [-0.05, 0) is 12.3 Å². The van der Waals surface area contributed by atoms with Gasteiger partial charge in [-0.3, -0.25) is 5.41 Å². The Labute approximate surface area is 41.9 Å². The molecule has 3 heteroatoms. The summed E-state index contributed by atoms with van der Waals surface area (Å²) in [5.74, 6) is 0. The summed E-state index contributed by atoms with van der Waals surface area (Å²) in [4.78, 5) is 0. The molecule has 0 radical (unpaired) electrons. The van der Waals surface area contributed by atoms with E-state index in [0.717, 1.165) is 6.21 Å². The van der Waals surface area contributed by atoms with Gasteiger partial charge in [-0.25, -0.2) is 0 Å². The summed E-state index contributed by atoms with van der Waals surface area (Å²) < 4.78 is 0. The van der Waals surface area contributed by atoms with Crippen LogP contribution in [0.15, 0.2) is 12.3 Å². The maximum absolute atomic E-state index is 6.73. The first-order chi connectivity index (χ1) is 3.31. The van der Waals surface area contributed by atoms with E-state index in [0.29, 0.717) is 0 Å². The van der Waals surface area contributed by atoms with Crippen molar-refractivity contribution >= 4 is 11.9 Å². The minimum atomic E-state index is 0.113. The third-order valence-electron chi connectivity index (χ3n) is 0.431. The average molecular weight is 97.1 g/mol. The number of rotatable bonds is 2. The highest BCUT2D eigenvalue weighted by Crippen LogP contribution is 1.64. The van der Waals surface area contributed by atoms with Crippen LogP contribution in [-0.4, -0.2) is 11.9 Å². The standard InChI is InChI=1S/C4H7N3/c5-2-1-4(7)3-6/h1-3,6-7H,5H2/b2-1-,6-3?,7-4?. The van der Waals surface area contributed by atoms with Crippen LogP contribution in [0.5, 0.6) is 0 Å².